The van der Waals surface area contributed by atoms with Crippen LogP contribution in [0.2, 0.25) is 0 Å². The highest BCUT2D eigenvalue weighted by atomic mass is 19.1. The Morgan fingerprint density at radius 1 is 1.22 bits per heavy atom. The SMILES string of the molecule is Cc1ccn(-c2ccc(F)cc2)c(=O)c1C(=O)NCCCc1cnn(C)c1. The number of aromatic nitrogens is 3. The molecule has 0 unspecified atom stereocenters. The van der Waals surface area contributed by atoms with Crippen LogP contribution >= 0.6 is 0 Å². The Kier molecular flexibility index (Phi) is 5.49. The topological polar surface area (TPSA) is 68.9 Å². The van der Waals surface area contributed by atoms with E-state index in [1.54, 1.807) is 30.1 Å². The number of aryl methyl sites for hydroxylation is 3. The maximum absolute atomic E-state index is 13.1. The van der Waals surface area contributed by atoms with Crippen LogP contribution in [-0.2, 0) is 13.5 Å². The van der Waals surface area contributed by atoms with E-state index in [2.05, 4.69) is 10.4 Å². The van der Waals surface area contributed by atoms with Crippen LogP contribution in [-0.4, -0.2) is 26.8 Å². The van der Waals surface area contributed by atoms with Gasteiger partial charge >= 0.3 is 0 Å². The minimum Gasteiger partial charge on any atom is -0.352 e. The fourth-order valence-electron chi connectivity index (χ4n) is 2.89. The predicted octanol–water partition coefficient (Wildman–Crippen LogP) is 2.38. The van der Waals surface area contributed by atoms with Gasteiger partial charge < -0.3 is 5.32 Å². The fraction of sp³-hybridized carbons (Fsp3) is 0.250. The Hall–Kier alpha value is -3.22. The molecule has 0 fully saturated rings. The third-order valence-electron chi connectivity index (χ3n) is 4.32. The van der Waals surface area contributed by atoms with Crippen molar-refractivity contribution in [3.8, 4) is 5.69 Å². The van der Waals surface area contributed by atoms with Crippen molar-refractivity contribution < 1.29 is 9.18 Å². The Morgan fingerprint density at radius 2 is 1.96 bits per heavy atom. The predicted molar refractivity (Wildman–Crippen MR) is 101 cm³/mol. The molecular weight excluding hydrogens is 347 g/mol. The van der Waals surface area contributed by atoms with Crippen LogP contribution in [0, 0.1) is 12.7 Å². The lowest BCUT2D eigenvalue weighted by atomic mass is 10.1. The third kappa shape index (κ3) is 4.31. The number of amides is 1. The van der Waals surface area contributed by atoms with Gasteiger partial charge in [0.05, 0.1) is 6.20 Å². The van der Waals surface area contributed by atoms with Gasteiger partial charge in [0, 0.05) is 31.7 Å². The van der Waals surface area contributed by atoms with Crippen LogP contribution in [0.3, 0.4) is 0 Å². The van der Waals surface area contributed by atoms with Gasteiger partial charge in [-0.3, -0.25) is 18.8 Å². The molecule has 1 N–H and O–H groups in total. The number of carbonyl (C=O) groups excluding carboxylic acids is 1. The molecule has 0 atom stereocenters. The monoisotopic (exact) mass is 368 g/mol. The van der Waals surface area contributed by atoms with Crippen molar-refractivity contribution in [2.45, 2.75) is 19.8 Å². The Bertz CT molecular complexity index is 1010. The lowest BCUT2D eigenvalue weighted by molar-refractivity contribution is 0.0950. The summed E-state index contributed by atoms with van der Waals surface area (Å²) in [5.74, 6) is -0.786. The summed E-state index contributed by atoms with van der Waals surface area (Å²) >= 11 is 0. The molecule has 2 aromatic heterocycles. The van der Waals surface area contributed by atoms with Crippen LogP contribution < -0.4 is 10.9 Å². The molecule has 0 aliphatic heterocycles. The molecule has 1 aromatic carbocycles. The highest BCUT2D eigenvalue weighted by Crippen LogP contribution is 2.10. The number of hydrogen-bond donors (Lipinski definition) is 1. The third-order valence-corrected chi connectivity index (χ3v) is 4.32. The van der Waals surface area contributed by atoms with Gasteiger partial charge in [0.2, 0.25) is 0 Å². The van der Waals surface area contributed by atoms with Crippen LogP contribution in [0.5, 0.6) is 0 Å². The zero-order valence-electron chi connectivity index (χ0n) is 15.3. The second-order valence-corrected chi connectivity index (χ2v) is 6.41. The zero-order valence-corrected chi connectivity index (χ0v) is 15.3. The molecule has 6 nitrogen and oxygen atoms in total. The molecule has 27 heavy (non-hydrogen) atoms. The summed E-state index contributed by atoms with van der Waals surface area (Å²) in [5.41, 5.74) is 1.88. The molecule has 1 amide bonds. The highest BCUT2D eigenvalue weighted by molar-refractivity contribution is 5.95. The Labute approximate surface area is 156 Å². The number of rotatable bonds is 6. The van der Waals surface area contributed by atoms with Gasteiger partial charge in [-0.2, -0.15) is 5.10 Å². The lowest BCUT2D eigenvalue weighted by Crippen LogP contribution is -2.34. The van der Waals surface area contributed by atoms with Crippen LogP contribution in [0.25, 0.3) is 5.69 Å². The van der Waals surface area contributed by atoms with Gasteiger partial charge in [-0.05, 0) is 61.2 Å². The fourth-order valence-corrected chi connectivity index (χ4v) is 2.89. The summed E-state index contributed by atoms with van der Waals surface area (Å²) in [4.78, 5) is 25.3. The number of benzene rings is 1. The minimum atomic E-state index is -0.425. The van der Waals surface area contributed by atoms with E-state index in [1.165, 1.54) is 28.8 Å². The van der Waals surface area contributed by atoms with Gasteiger partial charge in [0.1, 0.15) is 11.4 Å². The molecule has 2 heterocycles. The normalized spacial score (nSPS) is 10.8. The van der Waals surface area contributed by atoms with Crippen LogP contribution in [0.1, 0.15) is 27.9 Å². The average molecular weight is 368 g/mol. The molecule has 0 saturated heterocycles. The van der Waals surface area contributed by atoms with Crippen molar-refractivity contribution in [1.82, 2.24) is 19.7 Å². The maximum Gasteiger partial charge on any atom is 0.268 e. The van der Waals surface area contributed by atoms with E-state index < -0.39 is 11.5 Å². The van der Waals surface area contributed by atoms with Crippen molar-refractivity contribution in [1.29, 1.82) is 0 Å². The zero-order chi connectivity index (χ0) is 19.4. The summed E-state index contributed by atoms with van der Waals surface area (Å²) in [6.45, 7) is 2.18. The van der Waals surface area contributed by atoms with E-state index in [0.717, 1.165) is 18.4 Å². The van der Waals surface area contributed by atoms with Crippen molar-refractivity contribution >= 4 is 5.91 Å². The molecule has 3 rings (SSSR count). The van der Waals surface area contributed by atoms with Gasteiger partial charge in [-0.25, -0.2) is 4.39 Å². The first-order valence-electron chi connectivity index (χ1n) is 8.69. The minimum absolute atomic E-state index is 0.100. The van der Waals surface area contributed by atoms with Crippen LogP contribution in [0.15, 0.2) is 53.7 Å². The van der Waals surface area contributed by atoms with Gasteiger partial charge in [-0.1, -0.05) is 0 Å². The second-order valence-electron chi connectivity index (χ2n) is 6.41. The molecule has 0 saturated carbocycles. The molecule has 0 spiro atoms. The molecular formula is C20H21FN4O2. The summed E-state index contributed by atoms with van der Waals surface area (Å²) in [7, 11) is 1.86. The number of halogens is 1. The molecule has 0 aliphatic carbocycles. The lowest BCUT2D eigenvalue weighted by Gasteiger charge is -2.11. The number of nitrogens with one attached hydrogen (secondary N) is 1. The van der Waals surface area contributed by atoms with E-state index in [1.807, 2.05) is 13.2 Å². The summed E-state index contributed by atoms with van der Waals surface area (Å²) in [6, 6.07) is 7.26. The number of hydrogen-bond acceptors (Lipinski definition) is 3. The second kappa shape index (κ2) is 7.99. The van der Waals surface area contributed by atoms with Gasteiger partial charge in [0.25, 0.3) is 11.5 Å². The summed E-state index contributed by atoms with van der Waals surface area (Å²) in [5, 5.41) is 6.91. The van der Waals surface area contributed by atoms with Crippen LogP contribution in [0.4, 0.5) is 4.39 Å². The van der Waals surface area contributed by atoms with Crippen molar-refractivity contribution in [3.63, 3.8) is 0 Å². The number of pyridine rings is 1. The molecule has 0 bridgehead atoms. The molecule has 0 aliphatic rings. The largest absolute Gasteiger partial charge is 0.352 e. The van der Waals surface area contributed by atoms with E-state index >= 15 is 0 Å². The molecule has 140 valence electrons. The smallest absolute Gasteiger partial charge is 0.268 e. The molecule has 0 radical (unpaired) electrons. The first-order chi connectivity index (χ1) is 13.0. The number of nitrogens with zero attached hydrogens (tertiary/aromatic N) is 3. The molecule has 3 aromatic rings. The van der Waals surface area contributed by atoms with Gasteiger partial charge in [-0.15, -0.1) is 0 Å². The first-order valence-corrected chi connectivity index (χ1v) is 8.69. The first kappa shape index (κ1) is 18.6. The van der Waals surface area contributed by atoms with Crippen molar-refractivity contribution in [2.24, 2.45) is 7.05 Å². The van der Waals surface area contributed by atoms with E-state index in [9.17, 15) is 14.0 Å². The quantitative estimate of drug-likeness (QED) is 0.679. The maximum atomic E-state index is 13.1. The highest BCUT2D eigenvalue weighted by Gasteiger charge is 2.16. The standard InChI is InChI=1S/C20H21FN4O2/c1-14-9-11-25(17-7-5-16(21)6-8-17)20(27)18(14)19(26)22-10-3-4-15-12-23-24(2)13-15/h5-9,11-13H,3-4,10H2,1-2H3,(H,22,26). The van der Waals surface area contributed by atoms with Crippen molar-refractivity contribution in [2.75, 3.05) is 6.54 Å². The van der Waals surface area contributed by atoms with E-state index in [-0.39, 0.29) is 11.4 Å². The molecule has 7 heteroatoms. The Balaban J connectivity index is 1.71. The average Bonchev–Trinajstić information content (AvgIpc) is 3.05. The van der Waals surface area contributed by atoms with Crippen molar-refractivity contribution in [3.05, 3.63) is 81.8 Å². The number of carbonyl (C=O) groups is 1. The van der Waals surface area contributed by atoms with E-state index in [4.69, 9.17) is 0 Å². The Morgan fingerprint density at radius 3 is 2.63 bits per heavy atom. The van der Waals surface area contributed by atoms with E-state index in [0.29, 0.717) is 17.8 Å². The van der Waals surface area contributed by atoms with Gasteiger partial charge in [0.15, 0.2) is 0 Å². The summed E-state index contributed by atoms with van der Waals surface area (Å²) < 4.78 is 16.2. The summed E-state index contributed by atoms with van der Waals surface area (Å²) in [6.07, 6.45) is 6.86.